The van der Waals surface area contributed by atoms with Gasteiger partial charge in [-0.2, -0.15) is 0 Å². The summed E-state index contributed by atoms with van der Waals surface area (Å²) in [4.78, 5) is 24.1. The monoisotopic (exact) mass is 414 g/mol. The van der Waals surface area contributed by atoms with E-state index in [9.17, 15) is 4.79 Å². The van der Waals surface area contributed by atoms with Gasteiger partial charge in [-0.15, -0.1) is 0 Å². The first kappa shape index (κ1) is 22.6. The number of rotatable bonds is 8. The molecule has 2 heterocycles. The molecule has 0 spiro atoms. The zero-order chi connectivity index (χ0) is 21.2. The van der Waals surface area contributed by atoms with Crippen LogP contribution >= 0.6 is 0 Å². The summed E-state index contributed by atoms with van der Waals surface area (Å²) < 4.78 is 0. The van der Waals surface area contributed by atoms with E-state index in [0.717, 1.165) is 71.7 Å². The Morgan fingerprint density at radius 3 is 2.27 bits per heavy atom. The number of piperazine rings is 1. The van der Waals surface area contributed by atoms with E-state index in [1.54, 1.807) is 0 Å². The average Bonchev–Trinajstić information content (AvgIpc) is 3.32. The Labute approximate surface area is 181 Å². The first-order chi connectivity index (χ1) is 14.7. The van der Waals surface area contributed by atoms with Crippen LogP contribution in [0.15, 0.2) is 29.3 Å². The molecule has 0 atom stereocenters. The largest absolute Gasteiger partial charge is 0.357 e. The van der Waals surface area contributed by atoms with Crippen LogP contribution in [-0.4, -0.2) is 85.5 Å². The molecule has 2 aliphatic rings. The lowest BCUT2D eigenvalue weighted by Crippen LogP contribution is -2.45. The standard InChI is InChI=1S/C23H38N6O/c1-3-24-23(26-18-22(30)29-11-7-8-12-29)25-17-20-9-5-6-10-21(20)19-28-15-13-27(4-2)14-16-28/h5-6,9-10H,3-4,7-8,11-19H2,1-2H3,(H2,24,25,26). The molecule has 0 unspecified atom stereocenters. The molecule has 1 aromatic carbocycles. The third-order valence-electron chi connectivity index (χ3n) is 6.04. The maximum atomic E-state index is 12.3. The summed E-state index contributed by atoms with van der Waals surface area (Å²) in [5.74, 6) is 0.862. The SMILES string of the molecule is CCNC(=NCc1ccccc1CN1CCN(CC)CC1)NCC(=O)N1CCCC1. The molecule has 0 radical (unpaired) electrons. The van der Waals surface area contributed by atoms with Crippen LogP contribution in [0.2, 0.25) is 0 Å². The molecule has 2 fully saturated rings. The summed E-state index contributed by atoms with van der Waals surface area (Å²) in [6.07, 6.45) is 2.23. The number of likely N-dealkylation sites (N-methyl/N-ethyl adjacent to an activating group) is 1. The minimum atomic E-state index is 0.157. The number of benzene rings is 1. The summed E-state index contributed by atoms with van der Waals surface area (Å²) in [5.41, 5.74) is 2.59. The minimum absolute atomic E-state index is 0.157. The number of hydrogen-bond donors (Lipinski definition) is 2. The topological polar surface area (TPSA) is 63.2 Å². The van der Waals surface area contributed by atoms with Crippen molar-refractivity contribution >= 4 is 11.9 Å². The van der Waals surface area contributed by atoms with Crippen molar-refractivity contribution in [3.63, 3.8) is 0 Å². The van der Waals surface area contributed by atoms with Crippen molar-refractivity contribution in [2.75, 3.05) is 58.9 Å². The van der Waals surface area contributed by atoms with Crippen molar-refractivity contribution in [3.05, 3.63) is 35.4 Å². The van der Waals surface area contributed by atoms with E-state index in [2.05, 4.69) is 51.6 Å². The molecule has 2 aliphatic heterocycles. The number of carbonyl (C=O) groups excluding carboxylic acids is 1. The van der Waals surface area contributed by atoms with Crippen LogP contribution in [0.1, 0.15) is 37.8 Å². The number of carbonyl (C=O) groups is 1. The molecule has 1 amide bonds. The highest BCUT2D eigenvalue weighted by molar-refractivity contribution is 5.86. The highest BCUT2D eigenvalue weighted by atomic mass is 16.2. The Kier molecular flexibility index (Phi) is 8.96. The van der Waals surface area contributed by atoms with Crippen LogP contribution in [0.5, 0.6) is 0 Å². The lowest BCUT2D eigenvalue weighted by atomic mass is 10.1. The third kappa shape index (κ3) is 6.71. The number of hydrogen-bond acceptors (Lipinski definition) is 4. The van der Waals surface area contributed by atoms with Gasteiger partial charge in [0.25, 0.3) is 0 Å². The van der Waals surface area contributed by atoms with Gasteiger partial charge in [-0.05, 0) is 37.4 Å². The molecule has 3 rings (SSSR count). The van der Waals surface area contributed by atoms with Crippen molar-refractivity contribution in [3.8, 4) is 0 Å². The van der Waals surface area contributed by atoms with Crippen molar-refractivity contribution in [2.24, 2.45) is 4.99 Å². The highest BCUT2D eigenvalue weighted by Crippen LogP contribution is 2.14. The van der Waals surface area contributed by atoms with Gasteiger partial charge < -0.3 is 20.4 Å². The minimum Gasteiger partial charge on any atom is -0.357 e. The molecule has 7 heteroatoms. The molecule has 0 saturated carbocycles. The Morgan fingerprint density at radius 2 is 1.60 bits per heavy atom. The highest BCUT2D eigenvalue weighted by Gasteiger charge is 2.18. The van der Waals surface area contributed by atoms with Crippen LogP contribution in [-0.2, 0) is 17.9 Å². The summed E-state index contributed by atoms with van der Waals surface area (Å²) in [5, 5.41) is 6.47. The quantitative estimate of drug-likeness (QED) is 0.499. The summed E-state index contributed by atoms with van der Waals surface area (Å²) in [7, 11) is 0. The van der Waals surface area contributed by atoms with E-state index in [-0.39, 0.29) is 5.91 Å². The van der Waals surface area contributed by atoms with Crippen molar-refractivity contribution < 1.29 is 4.79 Å². The lowest BCUT2D eigenvalue weighted by Gasteiger charge is -2.34. The second-order valence-corrected chi connectivity index (χ2v) is 8.12. The van der Waals surface area contributed by atoms with Crippen LogP contribution in [0.4, 0.5) is 0 Å². The number of nitrogens with one attached hydrogen (secondary N) is 2. The Hall–Kier alpha value is -2.12. The molecule has 0 aromatic heterocycles. The van der Waals surface area contributed by atoms with Crippen LogP contribution in [0.25, 0.3) is 0 Å². The third-order valence-corrected chi connectivity index (χ3v) is 6.04. The van der Waals surface area contributed by atoms with Gasteiger partial charge in [0.1, 0.15) is 0 Å². The van der Waals surface area contributed by atoms with Crippen LogP contribution in [0.3, 0.4) is 0 Å². The first-order valence-corrected chi connectivity index (χ1v) is 11.5. The van der Waals surface area contributed by atoms with Gasteiger partial charge in [-0.25, -0.2) is 4.99 Å². The smallest absolute Gasteiger partial charge is 0.241 e. The molecule has 1 aromatic rings. The van der Waals surface area contributed by atoms with Gasteiger partial charge in [0.05, 0.1) is 13.1 Å². The zero-order valence-corrected chi connectivity index (χ0v) is 18.7. The van der Waals surface area contributed by atoms with Gasteiger partial charge in [0, 0.05) is 52.4 Å². The molecule has 30 heavy (non-hydrogen) atoms. The van der Waals surface area contributed by atoms with E-state index in [0.29, 0.717) is 19.0 Å². The fourth-order valence-corrected chi connectivity index (χ4v) is 4.11. The maximum Gasteiger partial charge on any atom is 0.241 e. The number of amides is 1. The number of nitrogens with zero attached hydrogens (tertiary/aromatic N) is 4. The fraction of sp³-hybridized carbons (Fsp3) is 0.652. The second-order valence-electron chi connectivity index (χ2n) is 8.12. The maximum absolute atomic E-state index is 12.3. The zero-order valence-electron chi connectivity index (χ0n) is 18.7. The van der Waals surface area contributed by atoms with Crippen LogP contribution in [0, 0.1) is 0 Å². The molecule has 2 saturated heterocycles. The van der Waals surface area contributed by atoms with Gasteiger partial charge in [0.2, 0.25) is 5.91 Å². The molecule has 7 nitrogen and oxygen atoms in total. The molecular formula is C23H38N6O. The Bertz CT molecular complexity index is 693. The normalized spacial score (nSPS) is 18.6. The molecule has 0 aliphatic carbocycles. The second kappa shape index (κ2) is 11.9. The van der Waals surface area contributed by atoms with E-state index in [4.69, 9.17) is 4.99 Å². The Morgan fingerprint density at radius 1 is 0.933 bits per heavy atom. The summed E-state index contributed by atoms with van der Waals surface area (Å²) in [6, 6.07) is 8.58. The van der Waals surface area contributed by atoms with E-state index >= 15 is 0 Å². The van der Waals surface area contributed by atoms with Crippen molar-refractivity contribution in [1.82, 2.24) is 25.3 Å². The fourth-order valence-electron chi connectivity index (χ4n) is 4.11. The van der Waals surface area contributed by atoms with Crippen molar-refractivity contribution in [1.29, 1.82) is 0 Å². The number of likely N-dealkylation sites (tertiary alicyclic amines) is 1. The predicted molar refractivity (Wildman–Crippen MR) is 122 cm³/mol. The Balaban J connectivity index is 1.56. The average molecular weight is 415 g/mol. The predicted octanol–water partition coefficient (Wildman–Crippen LogP) is 1.50. The van der Waals surface area contributed by atoms with Gasteiger partial charge in [-0.1, -0.05) is 31.2 Å². The molecular weight excluding hydrogens is 376 g/mol. The summed E-state index contributed by atoms with van der Waals surface area (Å²) >= 11 is 0. The first-order valence-electron chi connectivity index (χ1n) is 11.5. The van der Waals surface area contributed by atoms with Gasteiger partial charge >= 0.3 is 0 Å². The lowest BCUT2D eigenvalue weighted by molar-refractivity contribution is -0.128. The van der Waals surface area contributed by atoms with E-state index in [1.807, 2.05) is 11.8 Å². The number of guanidine groups is 1. The number of aliphatic imine (C=N–C) groups is 1. The molecule has 166 valence electrons. The van der Waals surface area contributed by atoms with E-state index < -0.39 is 0 Å². The van der Waals surface area contributed by atoms with Gasteiger partial charge in [-0.3, -0.25) is 9.69 Å². The van der Waals surface area contributed by atoms with Gasteiger partial charge in [0.15, 0.2) is 5.96 Å². The van der Waals surface area contributed by atoms with Crippen LogP contribution < -0.4 is 10.6 Å². The van der Waals surface area contributed by atoms with E-state index in [1.165, 1.54) is 11.1 Å². The van der Waals surface area contributed by atoms with Crippen molar-refractivity contribution in [2.45, 2.75) is 39.8 Å². The molecule has 2 N–H and O–H groups in total. The molecule has 0 bridgehead atoms. The summed E-state index contributed by atoms with van der Waals surface area (Å²) in [6.45, 7) is 14.4.